The van der Waals surface area contributed by atoms with E-state index in [-0.39, 0.29) is 17.1 Å². The first-order valence-electron chi connectivity index (χ1n) is 6.92. The van der Waals surface area contributed by atoms with Crippen molar-refractivity contribution < 1.29 is 23.8 Å². The fourth-order valence-electron chi connectivity index (χ4n) is 2.33. The molecular weight excluding hydrogens is 342 g/mol. The van der Waals surface area contributed by atoms with Crippen molar-refractivity contribution in [3.05, 3.63) is 22.7 Å². The van der Waals surface area contributed by atoms with E-state index in [9.17, 15) is 9.59 Å². The molecule has 0 aromatic heterocycles. The number of thioether (sulfide) groups is 1. The van der Waals surface area contributed by atoms with Crippen LogP contribution in [0.25, 0.3) is 0 Å². The van der Waals surface area contributed by atoms with Crippen molar-refractivity contribution in [2.24, 2.45) is 0 Å². The van der Waals surface area contributed by atoms with Gasteiger partial charge in [-0.2, -0.15) is 0 Å². The monoisotopic (exact) mass is 359 g/mol. The molecule has 1 aliphatic rings. The Morgan fingerprint density at radius 2 is 2.00 bits per heavy atom. The van der Waals surface area contributed by atoms with Gasteiger partial charge in [0.05, 0.1) is 26.4 Å². The topological polar surface area (TPSA) is 65.1 Å². The molecule has 8 heteroatoms. The van der Waals surface area contributed by atoms with E-state index in [1.165, 1.54) is 33.1 Å². The Balaban J connectivity index is 2.23. The first kappa shape index (κ1) is 17.7. The highest BCUT2D eigenvalue weighted by Gasteiger charge is 2.30. The molecule has 0 aliphatic carbocycles. The van der Waals surface area contributed by atoms with Gasteiger partial charge in [-0.1, -0.05) is 11.6 Å². The molecule has 1 saturated heterocycles. The molecule has 1 atom stereocenters. The number of rotatable bonds is 4. The van der Waals surface area contributed by atoms with Crippen LogP contribution >= 0.6 is 23.4 Å². The molecule has 6 nitrogen and oxygen atoms in total. The lowest BCUT2D eigenvalue weighted by atomic mass is 10.1. The maximum atomic E-state index is 12.7. The summed E-state index contributed by atoms with van der Waals surface area (Å²) in [6, 6.07) is 3.13. The van der Waals surface area contributed by atoms with Crippen LogP contribution in [0, 0.1) is 0 Å². The summed E-state index contributed by atoms with van der Waals surface area (Å²) in [5, 5.41) is -0.0700. The first-order chi connectivity index (χ1) is 11.0. The van der Waals surface area contributed by atoms with E-state index in [0.717, 1.165) is 0 Å². The van der Waals surface area contributed by atoms with Crippen LogP contribution in [0.4, 0.5) is 0 Å². The predicted molar refractivity (Wildman–Crippen MR) is 88.7 cm³/mol. The lowest BCUT2D eigenvalue weighted by Crippen LogP contribution is -2.45. The van der Waals surface area contributed by atoms with Crippen molar-refractivity contribution in [3.63, 3.8) is 0 Å². The van der Waals surface area contributed by atoms with Gasteiger partial charge < -0.3 is 19.1 Å². The average molecular weight is 360 g/mol. The third-order valence-corrected chi connectivity index (χ3v) is 4.94. The predicted octanol–water partition coefficient (Wildman–Crippen LogP) is 2.09. The molecule has 1 amide bonds. The molecule has 0 saturated carbocycles. The zero-order valence-corrected chi connectivity index (χ0v) is 14.7. The van der Waals surface area contributed by atoms with E-state index in [1.54, 1.807) is 17.0 Å². The number of esters is 1. The average Bonchev–Trinajstić information content (AvgIpc) is 2.59. The van der Waals surface area contributed by atoms with Gasteiger partial charge in [0.25, 0.3) is 5.91 Å². The van der Waals surface area contributed by atoms with E-state index in [2.05, 4.69) is 0 Å². The Kier molecular flexibility index (Phi) is 6.01. The second-order valence-corrected chi connectivity index (χ2v) is 6.55. The summed E-state index contributed by atoms with van der Waals surface area (Å²) in [4.78, 5) is 26.0. The Bertz CT molecular complexity index is 610. The second kappa shape index (κ2) is 7.79. The van der Waals surface area contributed by atoms with Crippen LogP contribution in [0.3, 0.4) is 0 Å². The summed E-state index contributed by atoms with van der Waals surface area (Å²) in [6.45, 7) is 0.866. The van der Waals surface area contributed by atoms with Crippen LogP contribution in [0.1, 0.15) is 10.4 Å². The van der Waals surface area contributed by atoms with Crippen LogP contribution < -0.4 is 9.47 Å². The van der Waals surface area contributed by atoms with Gasteiger partial charge in [0.2, 0.25) is 0 Å². The van der Waals surface area contributed by atoms with Crippen LogP contribution in [0.15, 0.2) is 12.1 Å². The van der Waals surface area contributed by atoms with Crippen LogP contribution in [0.2, 0.25) is 5.02 Å². The molecule has 126 valence electrons. The summed E-state index contributed by atoms with van der Waals surface area (Å²) in [5.41, 5.74) is 0.392. The molecule has 1 aromatic rings. The van der Waals surface area contributed by atoms with Crippen molar-refractivity contribution in [1.29, 1.82) is 0 Å². The van der Waals surface area contributed by atoms with Crippen molar-refractivity contribution in [2.75, 3.05) is 40.2 Å². The van der Waals surface area contributed by atoms with Gasteiger partial charge in [-0.05, 0) is 12.1 Å². The summed E-state index contributed by atoms with van der Waals surface area (Å²) >= 11 is 7.63. The van der Waals surface area contributed by atoms with Gasteiger partial charge in [-0.25, -0.2) is 0 Å². The zero-order chi connectivity index (χ0) is 17.0. The molecule has 1 aliphatic heterocycles. The quantitative estimate of drug-likeness (QED) is 0.767. The molecular formula is C15H18ClNO5S. The smallest absolute Gasteiger partial charge is 0.320 e. The Morgan fingerprint density at radius 1 is 1.26 bits per heavy atom. The first-order valence-corrected chi connectivity index (χ1v) is 8.34. The minimum Gasteiger partial charge on any atom is -0.493 e. The van der Waals surface area contributed by atoms with Crippen molar-refractivity contribution in [1.82, 2.24) is 4.90 Å². The molecule has 0 N–H and O–H groups in total. The number of halogens is 1. The van der Waals surface area contributed by atoms with E-state index in [1.807, 2.05) is 0 Å². The molecule has 0 bridgehead atoms. The lowest BCUT2D eigenvalue weighted by Gasteiger charge is -2.31. The van der Waals surface area contributed by atoms with Gasteiger partial charge in [0.1, 0.15) is 5.25 Å². The number of hydrogen-bond donors (Lipinski definition) is 0. The van der Waals surface area contributed by atoms with E-state index < -0.39 is 0 Å². The molecule has 23 heavy (non-hydrogen) atoms. The molecule has 0 unspecified atom stereocenters. The Labute approximate surface area is 144 Å². The molecule has 1 aromatic carbocycles. The minimum absolute atomic E-state index is 0.206. The highest BCUT2D eigenvalue weighted by Crippen LogP contribution is 2.36. The molecule has 2 rings (SSSR count). The van der Waals surface area contributed by atoms with Gasteiger partial charge in [-0.15, -0.1) is 11.8 Å². The van der Waals surface area contributed by atoms with E-state index in [4.69, 9.17) is 25.8 Å². The van der Waals surface area contributed by atoms with Crippen LogP contribution in [-0.4, -0.2) is 62.2 Å². The number of hydrogen-bond acceptors (Lipinski definition) is 6. The van der Waals surface area contributed by atoms with Gasteiger partial charge in [0.15, 0.2) is 11.5 Å². The highest BCUT2D eigenvalue weighted by atomic mass is 35.5. The van der Waals surface area contributed by atoms with E-state index in [0.29, 0.717) is 40.9 Å². The third kappa shape index (κ3) is 3.84. The number of carbonyl (C=O) groups excluding carboxylic acids is 2. The number of carbonyl (C=O) groups is 2. The highest BCUT2D eigenvalue weighted by molar-refractivity contribution is 8.00. The molecule has 0 spiro atoms. The number of benzene rings is 1. The number of amides is 1. The maximum absolute atomic E-state index is 12.7. The summed E-state index contributed by atoms with van der Waals surface area (Å²) in [6.07, 6.45) is 0. The van der Waals surface area contributed by atoms with Gasteiger partial charge >= 0.3 is 5.97 Å². The van der Waals surface area contributed by atoms with Crippen molar-refractivity contribution in [2.45, 2.75) is 5.25 Å². The zero-order valence-electron chi connectivity index (χ0n) is 13.1. The third-order valence-electron chi connectivity index (χ3n) is 3.50. The minimum atomic E-state index is -0.367. The molecule has 1 heterocycles. The van der Waals surface area contributed by atoms with E-state index >= 15 is 0 Å². The maximum Gasteiger partial charge on any atom is 0.320 e. The summed E-state index contributed by atoms with van der Waals surface area (Å²) < 4.78 is 15.1. The van der Waals surface area contributed by atoms with Crippen molar-refractivity contribution in [3.8, 4) is 11.5 Å². The second-order valence-electron chi connectivity index (χ2n) is 4.83. The van der Waals surface area contributed by atoms with Gasteiger partial charge in [-0.3, -0.25) is 9.59 Å². The standard InChI is InChI=1S/C15H18ClNO5S/c1-20-11-7-9(6-10(16)13(11)21-2)14(18)17-4-5-23-12(8-17)15(19)22-3/h6-7,12H,4-5,8H2,1-3H3/t12-/m0/s1. The number of ether oxygens (including phenoxy) is 3. The fraction of sp³-hybridized carbons (Fsp3) is 0.467. The van der Waals surface area contributed by atoms with Crippen LogP contribution in [-0.2, 0) is 9.53 Å². The largest absolute Gasteiger partial charge is 0.493 e. The van der Waals surface area contributed by atoms with Crippen molar-refractivity contribution >= 4 is 35.2 Å². The summed E-state index contributed by atoms with van der Waals surface area (Å²) in [5.74, 6) is 0.915. The Hall–Kier alpha value is -1.60. The number of nitrogens with zero attached hydrogens (tertiary/aromatic N) is 1. The normalized spacial score (nSPS) is 17.6. The summed E-state index contributed by atoms with van der Waals surface area (Å²) in [7, 11) is 4.30. The Morgan fingerprint density at radius 3 is 2.61 bits per heavy atom. The van der Waals surface area contributed by atoms with Gasteiger partial charge in [0, 0.05) is 24.4 Å². The molecule has 1 fully saturated rings. The SMILES string of the molecule is COC(=O)[C@@H]1CN(C(=O)c2cc(Cl)c(OC)c(OC)c2)CCS1. The molecule has 0 radical (unpaired) electrons. The lowest BCUT2D eigenvalue weighted by molar-refractivity contribution is -0.140. The number of methoxy groups -OCH3 is 3. The van der Waals surface area contributed by atoms with Crippen LogP contribution in [0.5, 0.6) is 11.5 Å². The fourth-order valence-corrected chi connectivity index (χ4v) is 3.75.